The highest BCUT2D eigenvalue weighted by Gasteiger charge is 2.20. The van der Waals surface area contributed by atoms with Crippen LogP contribution in [0.4, 0.5) is 0 Å². The molecule has 0 fully saturated rings. The molecule has 0 N–H and O–H groups in total. The van der Waals surface area contributed by atoms with Gasteiger partial charge < -0.3 is 4.57 Å². The van der Waals surface area contributed by atoms with Crippen molar-refractivity contribution >= 4 is 11.8 Å². The molecule has 0 bridgehead atoms. The molecule has 1 aliphatic heterocycles. The minimum atomic E-state index is 0.479. The average Bonchev–Trinajstić information content (AvgIpc) is 3.19. The molecule has 1 unspecified atom stereocenters. The Morgan fingerprint density at radius 2 is 1.67 bits per heavy atom. The second kappa shape index (κ2) is 11.6. The van der Waals surface area contributed by atoms with Crippen molar-refractivity contribution in [3.05, 3.63) is 48.0 Å². The third-order valence-electron chi connectivity index (χ3n) is 5.77. The quantitative estimate of drug-likeness (QED) is 0.280. The van der Waals surface area contributed by atoms with Crippen LogP contribution in [0.25, 0.3) is 0 Å². The fourth-order valence-corrected chi connectivity index (χ4v) is 5.05. The van der Waals surface area contributed by atoms with Crippen LogP contribution in [0.1, 0.15) is 94.9 Å². The molecule has 0 aliphatic carbocycles. The van der Waals surface area contributed by atoms with Crippen molar-refractivity contribution in [2.24, 2.45) is 0 Å². The van der Waals surface area contributed by atoms with Gasteiger partial charge in [-0.05, 0) is 49.1 Å². The van der Waals surface area contributed by atoms with Gasteiger partial charge in [-0.3, -0.25) is 0 Å². The molecular weight excluding hydrogens is 348 g/mol. The van der Waals surface area contributed by atoms with Crippen LogP contribution in [0.15, 0.2) is 41.7 Å². The monoisotopic (exact) mass is 384 g/mol. The maximum atomic E-state index is 4.35. The van der Waals surface area contributed by atoms with Gasteiger partial charge in [0, 0.05) is 16.8 Å². The van der Waals surface area contributed by atoms with E-state index in [-0.39, 0.29) is 0 Å². The van der Waals surface area contributed by atoms with Crippen molar-refractivity contribution in [2.45, 2.75) is 94.9 Å². The van der Waals surface area contributed by atoms with E-state index in [1.165, 1.54) is 99.0 Å². The van der Waals surface area contributed by atoms with Gasteiger partial charge in [-0.15, -0.1) is 11.8 Å². The molecule has 1 aliphatic rings. The maximum absolute atomic E-state index is 4.35. The van der Waals surface area contributed by atoms with Crippen molar-refractivity contribution in [1.82, 2.24) is 9.55 Å². The number of unbranched alkanes of at least 4 members (excludes halogenated alkanes) is 8. The third-order valence-corrected chi connectivity index (χ3v) is 6.87. The van der Waals surface area contributed by atoms with E-state index in [1.807, 2.05) is 24.3 Å². The van der Waals surface area contributed by atoms with Crippen LogP contribution in [0.5, 0.6) is 0 Å². The Labute approximate surface area is 170 Å². The first-order valence-electron chi connectivity index (χ1n) is 11.1. The van der Waals surface area contributed by atoms with Crippen LogP contribution in [0.3, 0.4) is 0 Å². The first-order valence-corrected chi connectivity index (χ1v) is 12.1. The molecule has 2 nitrogen and oxygen atoms in total. The highest BCUT2D eigenvalue weighted by molar-refractivity contribution is 7.99. The Morgan fingerprint density at radius 3 is 2.41 bits per heavy atom. The summed E-state index contributed by atoms with van der Waals surface area (Å²) in [4.78, 5) is 5.76. The summed E-state index contributed by atoms with van der Waals surface area (Å²) < 4.78 is 2.37. The SMILES string of the molecule is CCCCCCCCCCCSc1ccc(C2CCCc3cncn32)cc1. The van der Waals surface area contributed by atoms with Gasteiger partial charge >= 0.3 is 0 Å². The molecule has 0 saturated carbocycles. The molecule has 2 aromatic rings. The zero-order chi connectivity index (χ0) is 18.7. The highest BCUT2D eigenvalue weighted by atomic mass is 32.2. The van der Waals surface area contributed by atoms with Gasteiger partial charge in [0.2, 0.25) is 0 Å². The molecule has 3 heteroatoms. The summed E-state index contributed by atoms with van der Waals surface area (Å²) in [5.41, 5.74) is 2.82. The van der Waals surface area contributed by atoms with Gasteiger partial charge in [-0.25, -0.2) is 4.98 Å². The zero-order valence-electron chi connectivity index (χ0n) is 17.0. The molecule has 2 heterocycles. The number of aryl methyl sites for hydroxylation is 1. The topological polar surface area (TPSA) is 17.8 Å². The summed E-state index contributed by atoms with van der Waals surface area (Å²) in [5.74, 6) is 1.25. The fraction of sp³-hybridized carbons (Fsp3) is 0.625. The second-order valence-electron chi connectivity index (χ2n) is 7.95. The predicted molar refractivity (Wildman–Crippen MR) is 118 cm³/mol. The summed E-state index contributed by atoms with van der Waals surface area (Å²) >= 11 is 2.02. The summed E-state index contributed by atoms with van der Waals surface area (Å²) in [6.07, 6.45) is 20.4. The van der Waals surface area contributed by atoms with Crippen LogP contribution in [0.2, 0.25) is 0 Å². The van der Waals surface area contributed by atoms with Gasteiger partial charge in [0.15, 0.2) is 0 Å². The number of hydrogen-bond donors (Lipinski definition) is 0. The Balaban J connectivity index is 1.32. The first kappa shape index (κ1) is 20.5. The third kappa shape index (κ3) is 6.41. The predicted octanol–water partition coefficient (Wildman–Crippen LogP) is 7.43. The van der Waals surface area contributed by atoms with Gasteiger partial charge in [0.05, 0.1) is 12.4 Å². The first-order chi connectivity index (χ1) is 13.4. The molecule has 1 aromatic heterocycles. The molecule has 0 amide bonds. The highest BCUT2D eigenvalue weighted by Crippen LogP contribution is 2.31. The van der Waals surface area contributed by atoms with E-state index < -0.39 is 0 Å². The number of nitrogens with zero attached hydrogens (tertiary/aromatic N) is 2. The molecule has 0 spiro atoms. The zero-order valence-corrected chi connectivity index (χ0v) is 17.9. The fourth-order valence-electron chi connectivity index (χ4n) is 4.14. The lowest BCUT2D eigenvalue weighted by Crippen LogP contribution is -2.17. The molecular formula is C24H36N2S. The molecule has 1 aromatic carbocycles. The van der Waals surface area contributed by atoms with E-state index in [4.69, 9.17) is 0 Å². The molecule has 3 rings (SSSR count). The number of fused-ring (bicyclic) bond motifs is 1. The van der Waals surface area contributed by atoms with Gasteiger partial charge in [-0.2, -0.15) is 0 Å². The van der Waals surface area contributed by atoms with Crippen molar-refractivity contribution in [3.8, 4) is 0 Å². The standard InChI is InChI=1S/C24H36N2S/c1-2-3-4-5-6-7-8-9-10-18-27-23-16-14-21(15-17-23)24-13-11-12-22-19-25-20-26(22)24/h14-17,19-20,24H,2-13,18H2,1H3. The minimum Gasteiger partial charge on any atom is -0.327 e. The number of aromatic nitrogens is 2. The molecule has 1 atom stereocenters. The molecule has 148 valence electrons. The van der Waals surface area contributed by atoms with Gasteiger partial charge in [-0.1, -0.05) is 70.4 Å². The van der Waals surface area contributed by atoms with Crippen LogP contribution in [0, 0.1) is 0 Å². The molecule has 0 radical (unpaired) electrons. The lowest BCUT2D eigenvalue weighted by Gasteiger charge is -2.26. The summed E-state index contributed by atoms with van der Waals surface area (Å²) in [7, 11) is 0. The van der Waals surface area contributed by atoms with Crippen LogP contribution < -0.4 is 0 Å². The molecule has 27 heavy (non-hydrogen) atoms. The summed E-state index contributed by atoms with van der Waals surface area (Å²) in [6.45, 7) is 2.29. The largest absolute Gasteiger partial charge is 0.327 e. The normalized spacial score (nSPS) is 16.4. The lowest BCUT2D eigenvalue weighted by molar-refractivity contribution is 0.457. The Hall–Kier alpha value is -1.22. The number of imidazole rings is 1. The van der Waals surface area contributed by atoms with Crippen molar-refractivity contribution < 1.29 is 0 Å². The van der Waals surface area contributed by atoms with E-state index in [0.29, 0.717) is 6.04 Å². The average molecular weight is 385 g/mol. The summed E-state index contributed by atoms with van der Waals surface area (Å²) in [6, 6.07) is 9.78. The number of hydrogen-bond acceptors (Lipinski definition) is 2. The number of benzene rings is 1. The van der Waals surface area contributed by atoms with E-state index in [9.17, 15) is 0 Å². The van der Waals surface area contributed by atoms with E-state index in [1.54, 1.807) is 0 Å². The summed E-state index contributed by atoms with van der Waals surface area (Å²) in [5, 5.41) is 0. The Morgan fingerprint density at radius 1 is 0.963 bits per heavy atom. The number of rotatable bonds is 12. The second-order valence-corrected chi connectivity index (χ2v) is 9.11. The Bertz CT molecular complexity index is 647. The van der Waals surface area contributed by atoms with Crippen LogP contribution >= 0.6 is 11.8 Å². The van der Waals surface area contributed by atoms with Crippen molar-refractivity contribution in [3.63, 3.8) is 0 Å². The van der Waals surface area contributed by atoms with Crippen molar-refractivity contribution in [1.29, 1.82) is 0 Å². The van der Waals surface area contributed by atoms with E-state index in [2.05, 4.69) is 40.7 Å². The smallest absolute Gasteiger partial charge is 0.0953 e. The minimum absolute atomic E-state index is 0.479. The van der Waals surface area contributed by atoms with Gasteiger partial charge in [0.1, 0.15) is 0 Å². The Kier molecular flexibility index (Phi) is 8.80. The number of thioether (sulfide) groups is 1. The van der Waals surface area contributed by atoms with Crippen LogP contribution in [-0.4, -0.2) is 15.3 Å². The van der Waals surface area contributed by atoms with E-state index in [0.717, 1.165) is 0 Å². The van der Waals surface area contributed by atoms with Crippen LogP contribution in [-0.2, 0) is 6.42 Å². The maximum Gasteiger partial charge on any atom is 0.0953 e. The van der Waals surface area contributed by atoms with Gasteiger partial charge in [0.25, 0.3) is 0 Å². The molecule has 0 saturated heterocycles. The lowest BCUT2D eigenvalue weighted by atomic mass is 9.96. The van der Waals surface area contributed by atoms with Crippen molar-refractivity contribution in [2.75, 3.05) is 5.75 Å². The van der Waals surface area contributed by atoms with E-state index >= 15 is 0 Å².